The summed E-state index contributed by atoms with van der Waals surface area (Å²) in [4.78, 5) is 2.39. The number of benzene rings is 11. The van der Waals surface area contributed by atoms with Crippen LogP contribution in [0, 0.1) is 0 Å². The Kier molecular flexibility index (Phi) is 9.89. The van der Waals surface area contributed by atoms with Crippen LogP contribution in [-0.4, -0.2) is 4.57 Å². The van der Waals surface area contributed by atoms with Crippen molar-refractivity contribution in [3.63, 3.8) is 0 Å². The van der Waals surface area contributed by atoms with Crippen LogP contribution in [-0.2, 0) is 0 Å². The van der Waals surface area contributed by atoms with E-state index >= 15 is 0 Å². The van der Waals surface area contributed by atoms with Gasteiger partial charge in [0.05, 0.1) is 11.0 Å². The Labute approximate surface area is 385 Å². The van der Waals surface area contributed by atoms with Gasteiger partial charge in [-0.15, -0.1) is 0 Å². The molecule has 0 bridgehead atoms. The Balaban J connectivity index is 1.02. The van der Waals surface area contributed by atoms with Crippen molar-refractivity contribution in [3.05, 3.63) is 267 Å². The maximum Gasteiger partial charge on any atom is 0.0547 e. The molecule has 66 heavy (non-hydrogen) atoms. The van der Waals surface area contributed by atoms with Crippen molar-refractivity contribution in [2.24, 2.45) is 0 Å². The zero-order valence-electron chi connectivity index (χ0n) is 36.3. The Bertz CT molecular complexity index is 3540. The van der Waals surface area contributed by atoms with Gasteiger partial charge in [-0.2, -0.15) is 0 Å². The molecule has 0 amide bonds. The van der Waals surface area contributed by atoms with E-state index in [-0.39, 0.29) is 0 Å². The fraction of sp³-hybridized carbons (Fsp3) is 0. The summed E-state index contributed by atoms with van der Waals surface area (Å²) in [5, 5.41) is 5.00. The van der Waals surface area contributed by atoms with E-state index in [1.54, 1.807) is 0 Å². The first-order valence-corrected chi connectivity index (χ1v) is 22.7. The highest BCUT2D eigenvalue weighted by Crippen LogP contribution is 2.45. The number of aromatic nitrogens is 1. The van der Waals surface area contributed by atoms with E-state index in [4.69, 9.17) is 0 Å². The predicted molar refractivity (Wildman–Crippen MR) is 280 cm³/mol. The number of anilines is 3. The number of hydrogen-bond donors (Lipinski definition) is 0. The second kappa shape index (κ2) is 16.8. The fourth-order valence-corrected chi connectivity index (χ4v) is 9.97. The largest absolute Gasteiger partial charge is 0.310 e. The van der Waals surface area contributed by atoms with Crippen LogP contribution in [0.4, 0.5) is 17.1 Å². The molecule has 0 fully saturated rings. The molecule has 0 aliphatic heterocycles. The lowest BCUT2D eigenvalue weighted by Crippen LogP contribution is -2.10. The molecule has 0 radical (unpaired) electrons. The van der Waals surface area contributed by atoms with Crippen molar-refractivity contribution in [1.29, 1.82) is 0 Å². The molecule has 0 spiro atoms. The third kappa shape index (κ3) is 6.93. The lowest BCUT2D eigenvalue weighted by atomic mass is 9.94. The average molecular weight is 841 g/mol. The summed E-state index contributed by atoms with van der Waals surface area (Å²) in [6, 6.07) is 96.8. The van der Waals surface area contributed by atoms with Crippen LogP contribution in [0.5, 0.6) is 0 Å². The Hall–Kier alpha value is -8.72. The fourth-order valence-electron chi connectivity index (χ4n) is 9.97. The van der Waals surface area contributed by atoms with Crippen molar-refractivity contribution in [2.45, 2.75) is 0 Å². The number of nitrogens with zero attached hydrogens (tertiary/aromatic N) is 2. The van der Waals surface area contributed by atoms with Crippen LogP contribution < -0.4 is 4.90 Å². The summed E-state index contributed by atoms with van der Waals surface area (Å²) in [6.45, 7) is 0. The van der Waals surface area contributed by atoms with Crippen molar-refractivity contribution in [2.75, 3.05) is 4.90 Å². The first-order chi connectivity index (χ1) is 32.8. The second-order valence-corrected chi connectivity index (χ2v) is 16.9. The van der Waals surface area contributed by atoms with Crippen LogP contribution in [0.1, 0.15) is 0 Å². The lowest BCUT2D eigenvalue weighted by Gasteiger charge is -2.27. The molecule has 2 heteroatoms. The predicted octanol–water partition coefficient (Wildman–Crippen LogP) is 17.7. The molecular formula is C64H44N2. The van der Waals surface area contributed by atoms with E-state index < -0.39 is 0 Å². The normalized spacial score (nSPS) is 11.3. The first-order valence-electron chi connectivity index (χ1n) is 22.7. The molecule has 1 aromatic heterocycles. The van der Waals surface area contributed by atoms with Gasteiger partial charge < -0.3 is 9.47 Å². The number of rotatable bonds is 9. The van der Waals surface area contributed by atoms with Gasteiger partial charge in [0, 0.05) is 33.5 Å². The van der Waals surface area contributed by atoms with E-state index in [0.717, 1.165) is 28.3 Å². The van der Waals surface area contributed by atoms with Crippen LogP contribution in [0.3, 0.4) is 0 Å². The molecule has 0 aliphatic rings. The molecule has 0 unspecified atom stereocenters. The summed E-state index contributed by atoms with van der Waals surface area (Å²) in [5.74, 6) is 0. The van der Waals surface area contributed by atoms with Crippen molar-refractivity contribution in [3.8, 4) is 61.3 Å². The minimum Gasteiger partial charge on any atom is -0.310 e. The average Bonchev–Trinajstić information content (AvgIpc) is 3.75. The molecule has 11 aromatic carbocycles. The van der Waals surface area contributed by atoms with Crippen LogP contribution in [0.2, 0.25) is 0 Å². The van der Waals surface area contributed by atoms with Gasteiger partial charge in [-0.3, -0.25) is 0 Å². The highest BCUT2D eigenvalue weighted by atomic mass is 15.1. The van der Waals surface area contributed by atoms with Crippen molar-refractivity contribution >= 4 is 49.6 Å². The minimum absolute atomic E-state index is 1.08. The quantitative estimate of drug-likeness (QED) is 0.141. The van der Waals surface area contributed by atoms with Gasteiger partial charge in [-0.25, -0.2) is 0 Å². The SMILES string of the molecule is c1ccc(-c2ccccc2-c2ccc(N(c3ccc(-c4ccccc4-c4ccccc4)cc3)c3cccc(-c4cccc5c4c4c6ccccc6ccc4n5-c4ccccc4)c3)cc2)cc1. The molecule has 0 N–H and O–H groups in total. The summed E-state index contributed by atoms with van der Waals surface area (Å²) in [5.41, 5.74) is 18.7. The van der Waals surface area contributed by atoms with E-state index in [2.05, 4.69) is 276 Å². The van der Waals surface area contributed by atoms with Gasteiger partial charge in [-0.1, -0.05) is 206 Å². The van der Waals surface area contributed by atoms with Gasteiger partial charge in [0.15, 0.2) is 0 Å². The van der Waals surface area contributed by atoms with Gasteiger partial charge in [-0.05, 0) is 127 Å². The molecule has 310 valence electrons. The Morgan fingerprint density at radius 2 is 0.697 bits per heavy atom. The molecule has 12 rings (SSSR count). The monoisotopic (exact) mass is 840 g/mol. The third-order valence-electron chi connectivity index (χ3n) is 13.0. The number of hydrogen-bond acceptors (Lipinski definition) is 1. The standard InChI is InChI=1S/C64H44N2/c1-4-18-45(19-5-1)55-27-12-14-29-57(55)48-34-39-52(40-35-48)65(53-41-36-49(37-42-53)58-30-15-13-28-56(58)46-20-6-2-7-21-46)54-26-16-23-50(44-54)60-32-17-33-61-64(60)63-59-31-11-10-22-47(59)38-43-62(63)66(61)51-24-8-3-9-25-51/h1-44H. The van der Waals surface area contributed by atoms with Gasteiger partial charge in [0.2, 0.25) is 0 Å². The van der Waals surface area contributed by atoms with Crippen LogP contribution >= 0.6 is 0 Å². The lowest BCUT2D eigenvalue weighted by molar-refractivity contribution is 1.18. The molecule has 2 nitrogen and oxygen atoms in total. The maximum atomic E-state index is 2.42. The summed E-state index contributed by atoms with van der Waals surface area (Å²) in [7, 11) is 0. The van der Waals surface area contributed by atoms with Crippen LogP contribution in [0.15, 0.2) is 267 Å². The van der Waals surface area contributed by atoms with E-state index in [1.807, 2.05) is 0 Å². The molecule has 0 aliphatic carbocycles. The van der Waals surface area contributed by atoms with E-state index in [0.29, 0.717) is 0 Å². The highest BCUT2D eigenvalue weighted by molar-refractivity contribution is 6.25. The molecule has 12 aromatic rings. The van der Waals surface area contributed by atoms with Gasteiger partial charge in [0.1, 0.15) is 0 Å². The molecule has 1 heterocycles. The Morgan fingerprint density at radius 1 is 0.258 bits per heavy atom. The first kappa shape index (κ1) is 38.9. The topological polar surface area (TPSA) is 8.17 Å². The minimum atomic E-state index is 1.08. The molecular weight excluding hydrogens is 797 g/mol. The summed E-state index contributed by atoms with van der Waals surface area (Å²) in [6.07, 6.45) is 0. The summed E-state index contributed by atoms with van der Waals surface area (Å²) < 4.78 is 2.42. The third-order valence-corrected chi connectivity index (χ3v) is 13.0. The Morgan fingerprint density at radius 3 is 1.27 bits per heavy atom. The second-order valence-electron chi connectivity index (χ2n) is 16.9. The van der Waals surface area contributed by atoms with Gasteiger partial charge in [0.25, 0.3) is 0 Å². The van der Waals surface area contributed by atoms with Crippen molar-refractivity contribution < 1.29 is 0 Å². The zero-order valence-corrected chi connectivity index (χ0v) is 36.3. The summed E-state index contributed by atoms with van der Waals surface area (Å²) >= 11 is 0. The van der Waals surface area contributed by atoms with E-state index in [1.165, 1.54) is 82.6 Å². The smallest absolute Gasteiger partial charge is 0.0547 e. The van der Waals surface area contributed by atoms with Crippen molar-refractivity contribution in [1.82, 2.24) is 4.57 Å². The van der Waals surface area contributed by atoms with Crippen LogP contribution in [0.25, 0.3) is 93.9 Å². The highest BCUT2D eigenvalue weighted by Gasteiger charge is 2.20. The molecule has 0 saturated heterocycles. The zero-order chi connectivity index (χ0) is 43.8. The number of fused-ring (bicyclic) bond motifs is 5. The maximum absolute atomic E-state index is 2.42. The molecule has 0 atom stereocenters. The molecule has 0 saturated carbocycles. The number of para-hydroxylation sites is 1. The van der Waals surface area contributed by atoms with Gasteiger partial charge >= 0.3 is 0 Å². The van der Waals surface area contributed by atoms with E-state index in [9.17, 15) is 0 Å².